The summed E-state index contributed by atoms with van der Waals surface area (Å²) < 4.78 is 5.46. The average molecular weight is 437 g/mol. The molecule has 0 aliphatic heterocycles. The number of amides is 2. The Kier molecular flexibility index (Phi) is 15.2. The standard InChI is InChI=1S/C23H40N4O4/c1-2-7-22(29)27-21(18-19-8-10-20(28)11-9-19)23(30)26-15-6-14-25-13-3-4-16-31-17-5-12-24/h8-11,21,25,28H,2-7,12-18,24H2,1H3,(H,26,30)(H,27,29)/t21-/m1/s1. The summed E-state index contributed by atoms with van der Waals surface area (Å²) in [4.78, 5) is 24.6. The molecule has 0 bridgehead atoms. The highest BCUT2D eigenvalue weighted by atomic mass is 16.5. The molecule has 0 aromatic heterocycles. The van der Waals surface area contributed by atoms with Gasteiger partial charge in [0.2, 0.25) is 11.8 Å². The predicted octanol–water partition coefficient (Wildman–Crippen LogP) is 1.46. The number of hydrogen-bond donors (Lipinski definition) is 5. The maximum atomic E-state index is 12.6. The fourth-order valence-corrected chi connectivity index (χ4v) is 2.99. The first-order chi connectivity index (χ1) is 15.1. The molecule has 0 saturated carbocycles. The van der Waals surface area contributed by atoms with E-state index >= 15 is 0 Å². The molecule has 2 amide bonds. The number of aromatic hydroxyl groups is 1. The number of hydrogen-bond acceptors (Lipinski definition) is 6. The number of ether oxygens (including phenoxy) is 1. The van der Waals surface area contributed by atoms with Crippen LogP contribution < -0.4 is 21.7 Å². The molecule has 8 heteroatoms. The van der Waals surface area contributed by atoms with Gasteiger partial charge >= 0.3 is 0 Å². The van der Waals surface area contributed by atoms with Crippen molar-refractivity contribution >= 4 is 11.8 Å². The van der Waals surface area contributed by atoms with Crippen LogP contribution in [0.5, 0.6) is 5.75 Å². The third kappa shape index (κ3) is 13.7. The fraction of sp³-hybridized carbons (Fsp3) is 0.652. The van der Waals surface area contributed by atoms with Crippen LogP contribution in [0.15, 0.2) is 24.3 Å². The highest BCUT2D eigenvalue weighted by Gasteiger charge is 2.20. The quantitative estimate of drug-likeness (QED) is 0.222. The van der Waals surface area contributed by atoms with E-state index < -0.39 is 6.04 Å². The number of rotatable bonds is 18. The van der Waals surface area contributed by atoms with Gasteiger partial charge in [-0.05, 0) is 69.4 Å². The number of phenolic OH excluding ortho intramolecular Hbond substituents is 1. The molecule has 176 valence electrons. The smallest absolute Gasteiger partial charge is 0.242 e. The molecule has 0 aliphatic rings. The van der Waals surface area contributed by atoms with Gasteiger partial charge in [0.1, 0.15) is 11.8 Å². The topological polar surface area (TPSA) is 126 Å². The van der Waals surface area contributed by atoms with Gasteiger partial charge < -0.3 is 31.5 Å². The summed E-state index contributed by atoms with van der Waals surface area (Å²) in [6.45, 7) is 6.38. The van der Waals surface area contributed by atoms with Crippen molar-refractivity contribution in [2.45, 2.75) is 57.9 Å². The minimum atomic E-state index is -0.629. The van der Waals surface area contributed by atoms with Crippen molar-refractivity contribution < 1.29 is 19.4 Å². The first-order valence-corrected chi connectivity index (χ1v) is 11.4. The van der Waals surface area contributed by atoms with Crippen molar-refractivity contribution in [3.63, 3.8) is 0 Å². The molecule has 6 N–H and O–H groups in total. The number of carbonyl (C=O) groups excluding carboxylic acids is 2. The van der Waals surface area contributed by atoms with Crippen molar-refractivity contribution in [1.82, 2.24) is 16.0 Å². The summed E-state index contributed by atoms with van der Waals surface area (Å²) in [6, 6.07) is 6.05. The molecule has 0 radical (unpaired) electrons. The Morgan fingerprint density at radius 3 is 2.45 bits per heavy atom. The van der Waals surface area contributed by atoms with Crippen LogP contribution >= 0.6 is 0 Å². The van der Waals surface area contributed by atoms with Crippen LogP contribution in [0.1, 0.15) is 51.0 Å². The zero-order chi connectivity index (χ0) is 22.7. The molecule has 1 aromatic carbocycles. The molecule has 31 heavy (non-hydrogen) atoms. The maximum Gasteiger partial charge on any atom is 0.242 e. The number of nitrogens with two attached hydrogens (primary N) is 1. The second-order valence-electron chi connectivity index (χ2n) is 7.60. The van der Waals surface area contributed by atoms with E-state index in [4.69, 9.17) is 10.5 Å². The second-order valence-corrected chi connectivity index (χ2v) is 7.60. The van der Waals surface area contributed by atoms with E-state index in [1.165, 1.54) is 0 Å². The van der Waals surface area contributed by atoms with E-state index in [0.29, 0.717) is 25.9 Å². The van der Waals surface area contributed by atoms with E-state index in [9.17, 15) is 14.7 Å². The Bertz CT molecular complexity index is 610. The Morgan fingerprint density at radius 2 is 1.74 bits per heavy atom. The molecule has 1 atom stereocenters. The van der Waals surface area contributed by atoms with Gasteiger partial charge in [0.05, 0.1) is 0 Å². The van der Waals surface area contributed by atoms with Gasteiger partial charge in [-0.15, -0.1) is 0 Å². The number of unbranched alkanes of at least 4 members (excludes halogenated alkanes) is 1. The van der Waals surface area contributed by atoms with E-state index in [1.807, 2.05) is 6.92 Å². The summed E-state index contributed by atoms with van der Waals surface area (Å²) >= 11 is 0. The van der Waals surface area contributed by atoms with Crippen molar-refractivity contribution in [3.8, 4) is 5.75 Å². The molecule has 0 unspecified atom stereocenters. The zero-order valence-corrected chi connectivity index (χ0v) is 18.8. The van der Waals surface area contributed by atoms with Crippen molar-refractivity contribution in [2.24, 2.45) is 5.73 Å². The van der Waals surface area contributed by atoms with Crippen LogP contribution in [-0.2, 0) is 20.7 Å². The fourth-order valence-electron chi connectivity index (χ4n) is 2.99. The van der Waals surface area contributed by atoms with Crippen LogP contribution in [0.3, 0.4) is 0 Å². The van der Waals surface area contributed by atoms with E-state index in [1.54, 1.807) is 24.3 Å². The van der Waals surface area contributed by atoms with Gasteiger partial charge in [-0.1, -0.05) is 19.1 Å². The Morgan fingerprint density at radius 1 is 1.03 bits per heavy atom. The molecular formula is C23H40N4O4. The van der Waals surface area contributed by atoms with E-state index in [-0.39, 0.29) is 17.6 Å². The third-order valence-corrected chi connectivity index (χ3v) is 4.72. The number of benzene rings is 1. The van der Waals surface area contributed by atoms with Gasteiger partial charge in [-0.3, -0.25) is 9.59 Å². The SMILES string of the molecule is CCCC(=O)N[C@H](Cc1ccc(O)cc1)C(=O)NCCCNCCCCOCCCN. The largest absolute Gasteiger partial charge is 0.508 e. The minimum Gasteiger partial charge on any atom is -0.508 e. The van der Waals surface area contributed by atoms with Gasteiger partial charge in [0, 0.05) is 32.6 Å². The van der Waals surface area contributed by atoms with Gasteiger partial charge in [0.15, 0.2) is 0 Å². The lowest BCUT2D eigenvalue weighted by Gasteiger charge is -2.19. The highest BCUT2D eigenvalue weighted by Crippen LogP contribution is 2.11. The summed E-state index contributed by atoms with van der Waals surface area (Å²) in [6.07, 6.45) is 5.28. The van der Waals surface area contributed by atoms with Crippen LogP contribution in [0.4, 0.5) is 0 Å². The Hall–Kier alpha value is -2.16. The molecular weight excluding hydrogens is 396 g/mol. The van der Waals surface area contributed by atoms with Gasteiger partial charge in [0.25, 0.3) is 0 Å². The molecule has 8 nitrogen and oxygen atoms in total. The highest BCUT2D eigenvalue weighted by molar-refractivity contribution is 5.87. The normalized spacial score (nSPS) is 11.8. The number of phenols is 1. The van der Waals surface area contributed by atoms with Crippen LogP contribution in [-0.4, -0.2) is 62.4 Å². The Balaban J connectivity index is 2.25. The van der Waals surface area contributed by atoms with Crippen molar-refractivity contribution in [3.05, 3.63) is 29.8 Å². The summed E-state index contributed by atoms with van der Waals surface area (Å²) in [5.41, 5.74) is 6.29. The minimum absolute atomic E-state index is 0.130. The number of nitrogens with one attached hydrogen (secondary N) is 3. The third-order valence-electron chi connectivity index (χ3n) is 4.72. The summed E-state index contributed by atoms with van der Waals surface area (Å²) in [5.74, 6) is -0.145. The lowest BCUT2D eigenvalue weighted by Crippen LogP contribution is -2.48. The first-order valence-electron chi connectivity index (χ1n) is 11.4. The van der Waals surface area contributed by atoms with Gasteiger partial charge in [-0.25, -0.2) is 0 Å². The second kappa shape index (κ2) is 17.5. The monoisotopic (exact) mass is 436 g/mol. The van der Waals surface area contributed by atoms with E-state index in [2.05, 4.69) is 16.0 Å². The zero-order valence-electron chi connectivity index (χ0n) is 18.8. The average Bonchev–Trinajstić information content (AvgIpc) is 2.75. The molecule has 0 spiro atoms. The lowest BCUT2D eigenvalue weighted by molar-refractivity contribution is -0.129. The van der Waals surface area contributed by atoms with Crippen molar-refractivity contribution in [1.29, 1.82) is 0 Å². The number of carbonyl (C=O) groups is 2. The van der Waals surface area contributed by atoms with Crippen LogP contribution in [0.2, 0.25) is 0 Å². The molecule has 0 fully saturated rings. The summed E-state index contributed by atoms with van der Waals surface area (Å²) in [5, 5.41) is 18.5. The molecule has 0 aliphatic carbocycles. The molecule has 1 aromatic rings. The molecule has 1 rings (SSSR count). The first kappa shape index (κ1) is 26.9. The van der Waals surface area contributed by atoms with Crippen LogP contribution in [0, 0.1) is 0 Å². The molecule has 0 saturated heterocycles. The van der Waals surface area contributed by atoms with E-state index in [0.717, 1.165) is 64.0 Å². The van der Waals surface area contributed by atoms with Crippen LogP contribution in [0.25, 0.3) is 0 Å². The summed E-state index contributed by atoms with van der Waals surface area (Å²) in [7, 11) is 0. The maximum absolute atomic E-state index is 12.6. The van der Waals surface area contributed by atoms with Gasteiger partial charge in [-0.2, -0.15) is 0 Å². The molecule has 0 heterocycles. The lowest BCUT2D eigenvalue weighted by atomic mass is 10.0. The predicted molar refractivity (Wildman–Crippen MR) is 123 cm³/mol. The Labute approximate surface area is 186 Å². The van der Waals surface area contributed by atoms with Crippen molar-refractivity contribution in [2.75, 3.05) is 39.4 Å².